The number of hydrogen-bond donors (Lipinski definition) is 0. The van der Waals surface area contributed by atoms with Crippen molar-refractivity contribution < 1.29 is 14.3 Å². The highest BCUT2D eigenvalue weighted by atomic mass is 28.3. The first-order valence-electron chi connectivity index (χ1n) is 3.40. The molecule has 0 saturated heterocycles. The normalized spacial score (nSPS) is 9.60. The fourth-order valence-corrected chi connectivity index (χ4v) is 2.11. The van der Waals surface area contributed by atoms with E-state index in [1.54, 1.807) is 14.2 Å². The van der Waals surface area contributed by atoms with Gasteiger partial charge in [0.1, 0.15) is 0 Å². The molecule has 0 aromatic rings. The van der Waals surface area contributed by atoms with Crippen LogP contribution in [0.5, 0.6) is 0 Å². The van der Waals surface area contributed by atoms with E-state index in [1.807, 2.05) is 0 Å². The molecule has 0 saturated carbocycles. The number of unbranched alkanes of at least 4 members (excludes halogenated alkanes) is 1. The molecule has 0 unspecified atom stereocenters. The second-order valence-corrected chi connectivity index (χ2v) is 4.42. The van der Waals surface area contributed by atoms with Crippen LogP contribution in [0, 0.1) is 0 Å². The van der Waals surface area contributed by atoms with Crippen LogP contribution in [0.25, 0.3) is 0 Å². The molecule has 0 aliphatic heterocycles. The van der Waals surface area contributed by atoms with E-state index in [0.717, 1.165) is 6.04 Å². The van der Waals surface area contributed by atoms with Gasteiger partial charge in [0.15, 0.2) is 0 Å². The zero-order valence-electron chi connectivity index (χ0n) is 7.02. The summed E-state index contributed by atoms with van der Waals surface area (Å²) in [7, 11) is 2.25. The van der Waals surface area contributed by atoms with E-state index in [9.17, 15) is 0 Å². The number of rotatable bonds is 5. The van der Waals surface area contributed by atoms with Crippen LogP contribution in [-0.4, -0.2) is 29.0 Å². The molecule has 0 heterocycles. The van der Waals surface area contributed by atoms with Gasteiger partial charge in [-0.3, -0.25) is 0 Å². The molecule has 0 spiro atoms. The highest BCUT2D eigenvalue weighted by Gasteiger charge is 2.06. The first kappa shape index (κ1) is 12.7. The fourth-order valence-electron chi connectivity index (χ4n) is 0.703. The molecule has 0 aromatic heterocycles. The van der Waals surface area contributed by atoms with E-state index < -0.39 is 9.28 Å². The lowest BCUT2D eigenvalue weighted by Gasteiger charge is -2.08. The minimum absolute atomic E-state index is 0. The van der Waals surface area contributed by atoms with Crippen molar-refractivity contribution in [3.8, 4) is 0 Å². The molecule has 0 fully saturated rings. The summed E-state index contributed by atoms with van der Waals surface area (Å²) in [6, 6.07) is 1.14. The Hall–Kier alpha value is 0.0969. The maximum Gasteiger partial charge on any atom is 0.320 e. The molecule has 0 atom stereocenters. The SMILES string of the molecule is CCCC[SiH](OC)OC.O. The van der Waals surface area contributed by atoms with E-state index in [4.69, 9.17) is 8.85 Å². The van der Waals surface area contributed by atoms with Gasteiger partial charge < -0.3 is 14.3 Å². The van der Waals surface area contributed by atoms with Crippen LogP contribution in [0.2, 0.25) is 6.04 Å². The van der Waals surface area contributed by atoms with Gasteiger partial charge >= 0.3 is 9.28 Å². The van der Waals surface area contributed by atoms with Crippen LogP contribution in [-0.2, 0) is 8.85 Å². The summed E-state index contributed by atoms with van der Waals surface area (Å²) in [4.78, 5) is 0. The lowest BCUT2D eigenvalue weighted by Crippen LogP contribution is -2.18. The third-order valence-electron chi connectivity index (χ3n) is 1.32. The van der Waals surface area contributed by atoms with Gasteiger partial charge in [-0.1, -0.05) is 19.8 Å². The van der Waals surface area contributed by atoms with Gasteiger partial charge in [0.2, 0.25) is 0 Å². The molecule has 4 heteroatoms. The lowest BCUT2D eigenvalue weighted by atomic mass is 10.4. The van der Waals surface area contributed by atoms with E-state index >= 15 is 0 Å². The Bertz CT molecular complexity index is 57.0. The van der Waals surface area contributed by atoms with Gasteiger partial charge in [-0.15, -0.1) is 0 Å². The Labute approximate surface area is 64.5 Å². The van der Waals surface area contributed by atoms with Crippen molar-refractivity contribution in [2.24, 2.45) is 0 Å². The quantitative estimate of drug-likeness (QED) is 0.558. The molecule has 0 radical (unpaired) electrons. The first-order chi connectivity index (χ1) is 4.35. The monoisotopic (exact) mass is 166 g/mol. The summed E-state index contributed by atoms with van der Waals surface area (Å²) in [6.07, 6.45) is 2.47. The van der Waals surface area contributed by atoms with Crippen LogP contribution in [0.15, 0.2) is 0 Å². The molecule has 64 valence electrons. The molecular weight excluding hydrogens is 148 g/mol. The van der Waals surface area contributed by atoms with Crippen molar-refractivity contribution in [3.63, 3.8) is 0 Å². The molecule has 10 heavy (non-hydrogen) atoms. The topological polar surface area (TPSA) is 50.0 Å². The number of hydrogen-bond acceptors (Lipinski definition) is 2. The van der Waals surface area contributed by atoms with Crippen molar-refractivity contribution in [2.45, 2.75) is 25.8 Å². The third kappa shape index (κ3) is 6.22. The lowest BCUT2D eigenvalue weighted by molar-refractivity contribution is 0.276. The summed E-state index contributed by atoms with van der Waals surface area (Å²) in [5.41, 5.74) is 0. The highest BCUT2D eigenvalue weighted by molar-refractivity contribution is 6.44. The molecule has 2 N–H and O–H groups in total. The van der Waals surface area contributed by atoms with Crippen LogP contribution in [0.1, 0.15) is 19.8 Å². The molecule has 0 amide bonds. The van der Waals surface area contributed by atoms with Crippen molar-refractivity contribution >= 4 is 9.28 Å². The van der Waals surface area contributed by atoms with Crippen LogP contribution >= 0.6 is 0 Å². The zero-order chi connectivity index (χ0) is 7.11. The second-order valence-electron chi connectivity index (χ2n) is 2.04. The standard InChI is InChI=1S/C6H16O2Si.H2O/c1-4-5-6-9(7-2)8-3;/h9H,4-6H2,1-3H3;1H2. The Balaban J connectivity index is 0. The van der Waals surface area contributed by atoms with Crippen molar-refractivity contribution in [1.29, 1.82) is 0 Å². The van der Waals surface area contributed by atoms with E-state index in [-0.39, 0.29) is 5.48 Å². The van der Waals surface area contributed by atoms with E-state index in [2.05, 4.69) is 6.92 Å². The van der Waals surface area contributed by atoms with Crippen LogP contribution < -0.4 is 0 Å². The highest BCUT2D eigenvalue weighted by Crippen LogP contribution is 2.01. The first-order valence-corrected chi connectivity index (χ1v) is 5.16. The van der Waals surface area contributed by atoms with Crippen LogP contribution in [0.3, 0.4) is 0 Å². The summed E-state index contributed by atoms with van der Waals surface area (Å²) in [5, 5.41) is 0. The van der Waals surface area contributed by atoms with Gasteiger partial charge in [-0.25, -0.2) is 0 Å². The summed E-state index contributed by atoms with van der Waals surface area (Å²) in [5.74, 6) is 0. The van der Waals surface area contributed by atoms with Gasteiger partial charge in [0.25, 0.3) is 0 Å². The van der Waals surface area contributed by atoms with Gasteiger partial charge in [-0.05, 0) is 6.04 Å². The maximum atomic E-state index is 5.12. The second kappa shape index (κ2) is 9.10. The Morgan fingerprint density at radius 3 is 2.00 bits per heavy atom. The average Bonchev–Trinajstić information content (AvgIpc) is 1.91. The molecule has 0 aromatic carbocycles. The Morgan fingerprint density at radius 2 is 1.70 bits per heavy atom. The maximum absolute atomic E-state index is 5.12. The third-order valence-corrected chi connectivity index (χ3v) is 3.25. The summed E-state index contributed by atoms with van der Waals surface area (Å²) < 4.78 is 10.2. The summed E-state index contributed by atoms with van der Waals surface area (Å²) >= 11 is 0. The van der Waals surface area contributed by atoms with Gasteiger partial charge in [-0.2, -0.15) is 0 Å². The fraction of sp³-hybridized carbons (Fsp3) is 1.00. The Kier molecular flexibility index (Phi) is 11.6. The van der Waals surface area contributed by atoms with E-state index in [0.29, 0.717) is 0 Å². The van der Waals surface area contributed by atoms with Crippen molar-refractivity contribution in [3.05, 3.63) is 0 Å². The zero-order valence-corrected chi connectivity index (χ0v) is 8.17. The molecule has 3 nitrogen and oxygen atoms in total. The van der Waals surface area contributed by atoms with E-state index in [1.165, 1.54) is 12.8 Å². The molecular formula is C6H18O3Si. The van der Waals surface area contributed by atoms with Gasteiger partial charge in [0, 0.05) is 14.2 Å². The predicted molar refractivity (Wildman–Crippen MR) is 44.5 cm³/mol. The smallest absolute Gasteiger partial charge is 0.320 e. The molecule has 0 aliphatic rings. The van der Waals surface area contributed by atoms with Gasteiger partial charge in [0.05, 0.1) is 0 Å². The van der Waals surface area contributed by atoms with Crippen molar-refractivity contribution in [2.75, 3.05) is 14.2 Å². The largest absolute Gasteiger partial charge is 0.412 e. The Morgan fingerprint density at radius 1 is 1.20 bits per heavy atom. The molecule has 0 aliphatic carbocycles. The van der Waals surface area contributed by atoms with Crippen molar-refractivity contribution in [1.82, 2.24) is 0 Å². The molecule has 0 bridgehead atoms. The average molecular weight is 166 g/mol. The minimum atomic E-state index is -1.21. The summed E-state index contributed by atoms with van der Waals surface area (Å²) in [6.45, 7) is 2.18. The minimum Gasteiger partial charge on any atom is -0.412 e. The predicted octanol–water partition coefficient (Wildman–Crippen LogP) is 0.475. The van der Waals surface area contributed by atoms with Crippen LogP contribution in [0.4, 0.5) is 0 Å². The molecule has 0 rings (SSSR count).